The summed E-state index contributed by atoms with van der Waals surface area (Å²) in [4.78, 5) is 28.1. The third kappa shape index (κ3) is 5.99. The molecule has 1 fully saturated rings. The van der Waals surface area contributed by atoms with E-state index in [-0.39, 0.29) is 18.1 Å². The number of hydrogen-bond donors (Lipinski definition) is 2. The van der Waals surface area contributed by atoms with Crippen molar-refractivity contribution in [2.45, 2.75) is 39.1 Å². The molecule has 0 unspecified atom stereocenters. The summed E-state index contributed by atoms with van der Waals surface area (Å²) < 4.78 is 32.4. The first-order valence-electron chi connectivity index (χ1n) is 13.8. The van der Waals surface area contributed by atoms with Crippen molar-refractivity contribution in [2.75, 3.05) is 19.7 Å². The Bertz CT molecular complexity index is 1600. The van der Waals surface area contributed by atoms with Gasteiger partial charge in [0.2, 0.25) is 0 Å². The molecule has 0 saturated carbocycles. The molecule has 0 aliphatic carbocycles. The van der Waals surface area contributed by atoms with E-state index in [1.165, 1.54) is 12.1 Å². The minimum absolute atomic E-state index is 0.0696. The first kappa shape index (κ1) is 27.5. The second-order valence-electron chi connectivity index (χ2n) is 10.7. The number of nitrogens with zero attached hydrogens (tertiary/aromatic N) is 2. The molecule has 1 saturated heterocycles. The van der Waals surface area contributed by atoms with E-state index >= 15 is 4.39 Å². The lowest BCUT2D eigenvalue weighted by Crippen LogP contribution is -2.45. The van der Waals surface area contributed by atoms with Crippen molar-refractivity contribution in [3.8, 4) is 22.6 Å². The number of halogens is 1. The van der Waals surface area contributed by atoms with Crippen LogP contribution in [0.25, 0.3) is 11.1 Å². The van der Waals surface area contributed by atoms with Gasteiger partial charge in [-0.3, -0.25) is 14.5 Å². The van der Waals surface area contributed by atoms with Gasteiger partial charge in [0.15, 0.2) is 6.61 Å². The molecule has 2 amide bonds. The van der Waals surface area contributed by atoms with Gasteiger partial charge in [0, 0.05) is 31.7 Å². The lowest BCUT2D eigenvalue weighted by molar-refractivity contribution is -0.123. The Morgan fingerprint density at radius 2 is 1.79 bits per heavy atom. The van der Waals surface area contributed by atoms with Crippen LogP contribution in [0, 0.1) is 19.7 Å². The molecular weight excluding hydrogens is 539 g/mol. The van der Waals surface area contributed by atoms with Crippen LogP contribution in [-0.4, -0.2) is 53.7 Å². The maximum Gasteiger partial charge on any atom is 0.258 e. The van der Waals surface area contributed by atoms with Gasteiger partial charge in [-0.15, -0.1) is 0 Å². The van der Waals surface area contributed by atoms with Crippen LogP contribution in [0.2, 0.25) is 0 Å². The zero-order valence-corrected chi connectivity index (χ0v) is 23.4. The largest absolute Gasteiger partial charge is 0.487 e. The molecule has 2 atom stereocenters. The van der Waals surface area contributed by atoms with E-state index in [0.29, 0.717) is 43.2 Å². The Balaban J connectivity index is 1.32. The lowest BCUT2D eigenvalue weighted by atomic mass is 10.0. The molecule has 3 aromatic carbocycles. The van der Waals surface area contributed by atoms with E-state index in [2.05, 4.69) is 20.7 Å². The fourth-order valence-corrected chi connectivity index (χ4v) is 5.34. The summed E-state index contributed by atoms with van der Waals surface area (Å²) in [6.45, 7) is 5.56. The summed E-state index contributed by atoms with van der Waals surface area (Å²) in [5.74, 6) is 0.446. The molecule has 10 heteroatoms. The van der Waals surface area contributed by atoms with Crippen molar-refractivity contribution in [2.24, 2.45) is 0 Å². The number of benzene rings is 3. The van der Waals surface area contributed by atoms with E-state index < -0.39 is 23.9 Å². The van der Waals surface area contributed by atoms with Crippen LogP contribution in [0.1, 0.15) is 32.9 Å². The van der Waals surface area contributed by atoms with Crippen LogP contribution >= 0.6 is 0 Å². The van der Waals surface area contributed by atoms with Crippen molar-refractivity contribution in [3.63, 3.8) is 0 Å². The van der Waals surface area contributed by atoms with Gasteiger partial charge in [0.1, 0.15) is 29.2 Å². The Hall–Kier alpha value is -4.70. The van der Waals surface area contributed by atoms with Crippen LogP contribution in [0.15, 0.2) is 71.3 Å². The van der Waals surface area contributed by atoms with Crippen LogP contribution in [0.5, 0.6) is 11.5 Å². The maximum absolute atomic E-state index is 15.0. The van der Waals surface area contributed by atoms with E-state index in [0.717, 1.165) is 28.1 Å². The maximum atomic E-state index is 15.0. The van der Waals surface area contributed by atoms with Crippen LogP contribution in [0.4, 0.5) is 4.39 Å². The molecule has 216 valence electrons. The normalized spacial score (nSPS) is 19.3. The molecule has 2 N–H and O–H groups in total. The van der Waals surface area contributed by atoms with Gasteiger partial charge in [-0.05, 0) is 66.9 Å². The molecule has 0 radical (unpaired) electrons. The predicted molar refractivity (Wildman–Crippen MR) is 153 cm³/mol. The number of carbonyl (C=O) groups is 2. The van der Waals surface area contributed by atoms with Crippen LogP contribution < -0.4 is 20.1 Å². The number of fused-ring (bicyclic) bond motifs is 7. The first-order chi connectivity index (χ1) is 20.3. The molecule has 42 heavy (non-hydrogen) atoms. The molecule has 9 nitrogen and oxygen atoms in total. The summed E-state index contributed by atoms with van der Waals surface area (Å²) in [6.07, 6.45) is -0.398. The number of amides is 2. The molecule has 7 rings (SSSR count). The number of carbonyl (C=O) groups excluding carboxylic acids is 2. The number of likely N-dealkylation sites (tertiary alicyclic amines) is 1. The van der Waals surface area contributed by atoms with E-state index in [9.17, 15) is 9.59 Å². The van der Waals surface area contributed by atoms with Crippen molar-refractivity contribution in [3.05, 3.63) is 101 Å². The molecule has 1 aromatic heterocycles. The highest BCUT2D eigenvalue weighted by Gasteiger charge is 2.37. The monoisotopic (exact) mass is 570 g/mol. The fourth-order valence-electron chi connectivity index (χ4n) is 5.34. The zero-order valence-electron chi connectivity index (χ0n) is 23.4. The van der Waals surface area contributed by atoms with Crippen molar-refractivity contribution >= 4 is 11.8 Å². The summed E-state index contributed by atoms with van der Waals surface area (Å²) in [5, 5.41) is 9.96. The summed E-state index contributed by atoms with van der Waals surface area (Å²) in [7, 11) is 0. The number of rotatable bonds is 2. The van der Waals surface area contributed by atoms with Crippen LogP contribution in [0.3, 0.4) is 0 Å². The molecule has 3 aliphatic heterocycles. The predicted octanol–water partition coefficient (Wildman–Crippen LogP) is 4.17. The minimum Gasteiger partial charge on any atom is -0.487 e. The highest BCUT2D eigenvalue weighted by Crippen LogP contribution is 2.27. The zero-order chi connectivity index (χ0) is 29.2. The van der Waals surface area contributed by atoms with Crippen molar-refractivity contribution in [1.29, 1.82) is 0 Å². The van der Waals surface area contributed by atoms with E-state index in [1.54, 1.807) is 24.3 Å². The number of aromatic nitrogens is 1. The van der Waals surface area contributed by atoms with Crippen molar-refractivity contribution < 1.29 is 28.0 Å². The van der Waals surface area contributed by atoms with Gasteiger partial charge in [0.05, 0.1) is 17.3 Å². The van der Waals surface area contributed by atoms with E-state index in [1.807, 2.05) is 44.2 Å². The number of ether oxygens (including phenoxy) is 2. The summed E-state index contributed by atoms with van der Waals surface area (Å²) in [6, 6.07) is 18.6. The standard InChI is InChI=1S/C32H31FN4O5/c1-19-27(20(2)42-36-19)15-37-16-29-30(17-37)41-24-9-6-21(7-10-24)14-34-31(38)18-40-25-5-3-4-22(12-25)23-8-11-28(33)26(13-23)32(39)35-29/h3-13,29-30H,14-18H2,1-2H3,(H,34,38)(H,35,39)/t29-,30-/m0/s1. The van der Waals surface area contributed by atoms with Gasteiger partial charge >= 0.3 is 0 Å². The Labute approximate surface area is 242 Å². The average molecular weight is 571 g/mol. The molecule has 6 bridgehead atoms. The van der Waals surface area contributed by atoms with Gasteiger partial charge in [0.25, 0.3) is 11.8 Å². The summed E-state index contributed by atoms with van der Waals surface area (Å²) >= 11 is 0. The van der Waals surface area contributed by atoms with Gasteiger partial charge in [-0.1, -0.05) is 35.5 Å². The smallest absolute Gasteiger partial charge is 0.258 e. The molecule has 0 spiro atoms. The van der Waals surface area contributed by atoms with Gasteiger partial charge < -0.3 is 24.6 Å². The Morgan fingerprint density at radius 3 is 2.57 bits per heavy atom. The molecular formula is C32H31FN4O5. The van der Waals surface area contributed by atoms with Gasteiger partial charge in [-0.25, -0.2) is 4.39 Å². The Kier molecular flexibility index (Phi) is 7.62. The third-order valence-corrected chi connectivity index (χ3v) is 7.67. The average Bonchev–Trinajstić information content (AvgIpc) is 3.52. The molecule has 4 aromatic rings. The summed E-state index contributed by atoms with van der Waals surface area (Å²) in [5.41, 5.74) is 4.01. The van der Waals surface area contributed by atoms with Crippen molar-refractivity contribution in [1.82, 2.24) is 20.7 Å². The Morgan fingerprint density at radius 1 is 0.976 bits per heavy atom. The number of nitrogens with one attached hydrogen (secondary N) is 2. The quantitative estimate of drug-likeness (QED) is 0.373. The highest BCUT2D eigenvalue weighted by molar-refractivity contribution is 5.96. The topological polar surface area (TPSA) is 106 Å². The lowest BCUT2D eigenvalue weighted by Gasteiger charge is -2.22. The SMILES string of the molecule is Cc1noc(C)c1CN1C[C@@H]2NC(=O)c3cc(ccc3F)-c3cccc(c3)OCC(=O)NCc3ccc(cc3)O[C@H]2C1. The second-order valence-corrected chi connectivity index (χ2v) is 10.7. The van der Waals surface area contributed by atoms with E-state index in [4.69, 9.17) is 14.0 Å². The molecule has 4 heterocycles. The minimum atomic E-state index is -0.624. The first-order valence-corrected chi connectivity index (χ1v) is 13.8. The second kappa shape index (κ2) is 11.7. The third-order valence-electron chi connectivity index (χ3n) is 7.67. The van der Waals surface area contributed by atoms with Gasteiger partial charge in [-0.2, -0.15) is 0 Å². The highest BCUT2D eigenvalue weighted by atomic mass is 19.1. The fraction of sp³-hybridized carbons (Fsp3) is 0.281. The van der Waals surface area contributed by atoms with Crippen LogP contribution in [-0.2, 0) is 17.9 Å². The number of aryl methyl sites for hydroxylation is 2. The number of hydrogen-bond acceptors (Lipinski definition) is 7. The molecule has 3 aliphatic rings.